The van der Waals surface area contributed by atoms with Crippen molar-refractivity contribution >= 4 is 38.0 Å². The molecule has 162 valence electrons. The van der Waals surface area contributed by atoms with Crippen LogP contribution >= 0.6 is 0 Å². The molecule has 6 aromatic carbocycles. The minimum atomic E-state index is 0.983. The van der Waals surface area contributed by atoms with Crippen LogP contribution in [-0.2, 0) is 6.42 Å². The van der Waals surface area contributed by atoms with Gasteiger partial charge in [0.05, 0.1) is 0 Å². The van der Waals surface area contributed by atoms with E-state index in [1.807, 2.05) is 0 Å². The Morgan fingerprint density at radius 2 is 1.06 bits per heavy atom. The Balaban J connectivity index is 1.69. The van der Waals surface area contributed by atoms with Gasteiger partial charge in [0.15, 0.2) is 0 Å². The average Bonchev–Trinajstić information content (AvgIpc) is 3.27. The Morgan fingerprint density at radius 1 is 0.500 bits per heavy atom. The molecule has 0 aliphatic heterocycles. The number of anilines is 1. The second-order valence-electron chi connectivity index (χ2n) is 9.53. The van der Waals surface area contributed by atoms with Crippen LogP contribution in [0.2, 0.25) is 0 Å². The SMILES string of the molecule is CN(C)c1ccc2c3ccccc3c3ccccc3c2c1-c1cccc2c1Cc1ccccc1-2. The van der Waals surface area contributed by atoms with Gasteiger partial charge in [0.25, 0.3) is 0 Å². The minimum absolute atomic E-state index is 0.983. The van der Waals surface area contributed by atoms with Crippen LogP contribution in [0.25, 0.3) is 54.6 Å². The zero-order chi connectivity index (χ0) is 22.8. The van der Waals surface area contributed by atoms with Gasteiger partial charge in [-0.1, -0.05) is 97.1 Å². The second kappa shape index (κ2) is 7.20. The predicted molar refractivity (Wildman–Crippen MR) is 147 cm³/mol. The molecular weight excluding hydrogens is 410 g/mol. The van der Waals surface area contributed by atoms with Crippen molar-refractivity contribution in [1.82, 2.24) is 0 Å². The van der Waals surface area contributed by atoms with Gasteiger partial charge in [-0.15, -0.1) is 0 Å². The first-order chi connectivity index (χ1) is 16.7. The topological polar surface area (TPSA) is 3.24 Å². The van der Waals surface area contributed by atoms with Gasteiger partial charge < -0.3 is 4.90 Å². The predicted octanol–water partition coefficient (Wildman–Crippen LogP) is 8.45. The number of nitrogens with zero attached hydrogens (tertiary/aromatic N) is 1. The molecular formula is C33H25N. The lowest BCUT2D eigenvalue weighted by atomic mass is 9.86. The van der Waals surface area contributed by atoms with Crippen molar-refractivity contribution in [3.8, 4) is 22.3 Å². The molecule has 0 saturated carbocycles. The lowest BCUT2D eigenvalue weighted by Gasteiger charge is -2.23. The molecule has 0 aromatic heterocycles. The molecule has 1 nitrogen and oxygen atoms in total. The maximum atomic E-state index is 2.33. The summed E-state index contributed by atoms with van der Waals surface area (Å²) in [7, 11) is 4.32. The second-order valence-corrected chi connectivity index (χ2v) is 9.53. The van der Waals surface area contributed by atoms with E-state index in [0.717, 1.165) is 6.42 Å². The summed E-state index contributed by atoms with van der Waals surface area (Å²) in [5.74, 6) is 0. The summed E-state index contributed by atoms with van der Waals surface area (Å²) >= 11 is 0. The molecule has 34 heavy (non-hydrogen) atoms. The zero-order valence-corrected chi connectivity index (χ0v) is 19.5. The number of benzene rings is 6. The first-order valence-corrected chi connectivity index (χ1v) is 12.0. The van der Waals surface area contributed by atoms with Crippen LogP contribution < -0.4 is 4.90 Å². The fraction of sp³-hybridized carbons (Fsp3) is 0.0909. The molecule has 7 rings (SSSR count). The fourth-order valence-corrected chi connectivity index (χ4v) is 6.02. The first-order valence-electron chi connectivity index (χ1n) is 12.0. The van der Waals surface area contributed by atoms with E-state index in [9.17, 15) is 0 Å². The molecule has 0 fully saturated rings. The number of rotatable bonds is 2. The highest BCUT2D eigenvalue weighted by Gasteiger charge is 2.24. The zero-order valence-electron chi connectivity index (χ0n) is 19.5. The van der Waals surface area contributed by atoms with Gasteiger partial charge in [-0.2, -0.15) is 0 Å². The highest BCUT2D eigenvalue weighted by atomic mass is 15.1. The molecule has 0 atom stereocenters. The molecule has 0 heterocycles. The van der Waals surface area contributed by atoms with Crippen LogP contribution in [-0.4, -0.2) is 14.1 Å². The highest BCUT2D eigenvalue weighted by molar-refractivity contribution is 6.29. The molecule has 0 N–H and O–H groups in total. The molecule has 1 aliphatic carbocycles. The van der Waals surface area contributed by atoms with E-state index >= 15 is 0 Å². The van der Waals surface area contributed by atoms with Crippen molar-refractivity contribution in [3.05, 3.63) is 114 Å². The third kappa shape index (κ3) is 2.61. The molecule has 1 aliphatic rings. The van der Waals surface area contributed by atoms with E-state index in [4.69, 9.17) is 0 Å². The Morgan fingerprint density at radius 3 is 1.79 bits per heavy atom. The summed E-state index contributed by atoms with van der Waals surface area (Å²) in [6.45, 7) is 0. The van der Waals surface area contributed by atoms with Gasteiger partial charge in [0.2, 0.25) is 0 Å². The van der Waals surface area contributed by atoms with E-state index in [1.54, 1.807) is 0 Å². The standard InChI is InChI=1S/C33H25N/c1-34(2)31-19-18-29-26-14-6-5-12-24(26)25-13-7-8-15-27(25)32(29)33(31)28-17-9-16-23-22-11-4-3-10-21(22)20-30(23)28/h3-19H,20H2,1-2H3. The van der Waals surface area contributed by atoms with E-state index in [2.05, 4.69) is 122 Å². The summed E-state index contributed by atoms with van der Waals surface area (Å²) in [6, 6.07) is 38.1. The summed E-state index contributed by atoms with van der Waals surface area (Å²) < 4.78 is 0. The van der Waals surface area contributed by atoms with E-state index in [-0.39, 0.29) is 0 Å². The summed E-state index contributed by atoms with van der Waals surface area (Å²) in [6.07, 6.45) is 0.983. The van der Waals surface area contributed by atoms with Gasteiger partial charge in [-0.25, -0.2) is 0 Å². The van der Waals surface area contributed by atoms with Crippen molar-refractivity contribution in [2.24, 2.45) is 0 Å². The first kappa shape index (κ1) is 19.4. The summed E-state index contributed by atoms with van der Waals surface area (Å²) in [5, 5.41) is 7.95. The quantitative estimate of drug-likeness (QED) is 0.246. The Kier molecular flexibility index (Phi) is 4.10. The molecule has 0 radical (unpaired) electrons. The average molecular weight is 436 g/mol. The van der Waals surface area contributed by atoms with Crippen molar-refractivity contribution < 1.29 is 0 Å². The fourth-order valence-electron chi connectivity index (χ4n) is 6.02. The largest absolute Gasteiger partial charge is 0.377 e. The Hall–Kier alpha value is -4.10. The molecule has 0 bridgehead atoms. The van der Waals surface area contributed by atoms with Crippen LogP contribution in [0.4, 0.5) is 5.69 Å². The van der Waals surface area contributed by atoms with Crippen LogP contribution in [0.3, 0.4) is 0 Å². The van der Waals surface area contributed by atoms with Crippen LogP contribution in [0.1, 0.15) is 11.1 Å². The van der Waals surface area contributed by atoms with E-state index in [1.165, 1.54) is 71.4 Å². The number of fused-ring (bicyclic) bond motifs is 9. The molecule has 0 amide bonds. The van der Waals surface area contributed by atoms with Crippen LogP contribution in [0.15, 0.2) is 103 Å². The van der Waals surface area contributed by atoms with Gasteiger partial charge in [-0.3, -0.25) is 0 Å². The van der Waals surface area contributed by atoms with Crippen LogP contribution in [0.5, 0.6) is 0 Å². The van der Waals surface area contributed by atoms with E-state index < -0.39 is 0 Å². The lowest BCUT2D eigenvalue weighted by Crippen LogP contribution is -2.10. The van der Waals surface area contributed by atoms with E-state index in [0.29, 0.717) is 0 Å². The maximum Gasteiger partial charge on any atom is 0.0447 e. The maximum absolute atomic E-state index is 2.33. The van der Waals surface area contributed by atoms with Crippen molar-refractivity contribution in [2.45, 2.75) is 6.42 Å². The monoisotopic (exact) mass is 435 g/mol. The van der Waals surface area contributed by atoms with Gasteiger partial charge >= 0.3 is 0 Å². The summed E-state index contributed by atoms with van der Waals surface area (Å²) in [4.78, 5) is 2.26. The molecule has 0 unspecified atom stereocenters. The Bertz CT molecular complexity index is 1720. The molecule has 1 heteroatoms. The third-order valence-electron chi connectivity index (χ3n) is 7.49. The molecule has 0 spiro atoms. The summed E-state index contributed by atoms with van der Waals surface area (Å²) in [5.41, 5.74) is 9.57. The van der Waals surface area contributed by atoms with Crippen molar-refractivity contribution in [3.63, 3.8) is 0 Å². The smallest absolute Gasteiger partial charge is 0.0447 e. The Labute approximate surface area is 199 Å². The molecule has 0 saturated heterocycles. The normalized spacial score (nSPS) is 12.3. The van der Waals surface area contributed by atoms with Crippen LogP contribution in [0, 0.1) is 0 Å². The van der Waals surface area contributed by atoms with Crippen molar-refractivity contribution in [1.29, 1.82) is 0 Å². The molecule has 6 aromatic rings. The number of hydrogen-bond donors (Lipinski definition) is 0. The van der Waals surface area contributed by atoms with Gasteiger partial charge in [0.1, 0.15) is 0 Å². The van der Waals surface area contributed by atoms with Gasteiger partial charge in [-0.05, 0) is 67.2 Å². The van der Waals surface area contributed by atoms with Crippen molar-refractivity contribution in [2.75, 3.05) is 19.0 Å². The lowest BCUT2D eigenvalue weighted by molar-refractivity contribution is 1.13. The minimum Gasteiger partial charge on any atom is -0.377 e. The third-order valence-corrected chi connectivity index (χ3v) is 7.49. The van der Waals surface area contributed by atoms with Gasteiger partial charge in [0, 0.05) is 30.7 Å². The number of hydrogen-bond acceptors (Lipinski definition) is 1. The highest BCUT2D eigenvalue weighted by Crippen LogP contribution is 2.48.